The summed E-state index contributed by atoms with van der Waals surface area (Å²) >= 11 is 0. The smallest absolute Gasteiger partial charge is 0.340 e. The van der Waals surface area contributed by atoms with E-state index in [2.05, 4.69) is 5.16 Å². The fraction of sp³-hybridized carbons (Fsp3) is 0.286. The van der Waals surface area contributed by atoms with Gasteiger partial charge >= 0.3 is 5.97 Å². The van der Waals surface area contributed by atoms with E-state index < -0.39 is 11.9 Å². The number of ether oxygens (including phenoxy) is 3. The molecular weight excluding hydrogens is 390 g/mol. The van der Waals surface area contributed by atoms with Crippen LogP contribution in [0.3, 0.4) is 0 Å². The molecule has 9 heteroatoms. The number of carbonyl (C=O) groups excluding carboxylic acids is 2. The quantitative estimate of drug-likeness (QED) is 0.345. The molecule has 2 aromatic carbocycles. The molecule has 2 aliphatic rings. The molecule has 1 amide bonds. The maximum absolute atomic E-state index is 12.5. The highest BCUT2D eigenvalue weighted by Gasteiger charge is 2.37. The van der Waals surface area contributed by atoms with E-state index in [0.29, 0.717) is 41.7 Å². The number of carbonyl (C=O) groups is 2. The molecule has 30 heavy (non-hydrogen) atoms. The Morgan fingerprint density at radius 1 is 1.17 bits per heavy atom. The summed E-state index contributed by atoms with van der Waals surface area (Å²) in [7, 11) is 1.51. The van der Waals surface area contributed by atoms with Gasteiger partial charge in [-0.15, -0.1) is 0 Å². The fourth-order valence-electron chi connectivity index (χ4n) is 3.39. The summed E-state index contributed by atoms with van der Waals surface area (Å²) in [6.07, 6.45) is 0.0252. The molecule has 0 radical (unpaired) electrons. The largest absolute Gasteiger partial charge is 0.496 e. The van der Waals surface area contributed by atoms with Crippen molar-refractivity contribution < 1.29 is 28.6 Å². The van der Waals surface area contributed by atoms with Gasteiger partial charge in [0.05, 0.1) is 18.6 Å². The first-order valence-electron chi connectivity index (χ1n) is 9.44. The van der Waals surface area contributed by atoms with E-state index in [4.69, 9.17) is 24.8 Å². The Labute approximate surface area is 172 Å². The Morgan fingerprint density at radius 2 is 1.93 bits per heavy atom. The summed E-state index contributed by atoms with van der Waals surface area (Å²) < 4.78 is 16.3. The molecule has 4 rings (SSSR count). The highest BCUT2D eigenvalue weighted by molar-refractivity contribution is 6.01. The number of hydrogen-bond donors (Lipinski definition) is 1. The standard InChI is InChI=1S/C21H21N3O6/c1-27-16-5-3-2-4-15(16)20(22)23-30-21(26)13-10-19(25)24(12-13)14-6-7-17-18(11-14)29-9-8-28-17/h2-7,11,13H,8-10,12H2,1H3,(H2,22,23). The molecule has 1 unspecified atom stereocenters. The van der Waals surface area contributed by atoms with Gasteiger partial charge in [-0.25, -0.2) is 4.79 Å². The lowest BCUT2D eigenvalue weighted by Gasteiger charge is -2.22. The number of nitrogens with zero attached hydrogens (tertiary/aromatic N) is 2. The Bertz CT molecular complexity index is 1010. The summed E-state index contributed by atoms with van der Waals surface area (Å²) in [6.45, 7) is 1.12. The first kappa shape index (κ1) is 19.6. The van der Waals surface area contributed by atoms with E-state index in [9.17, 15) is 9.59 Å². The number of benzene rings is 2. The summed E-state index contributed by atoms with van der Waals surface area (Å²) in [5.74, 6) is 0.265. The van der Waals surface area contributed by atoms with Gasteiger partial charge in [0.2, 0.25) is 5.91 Å². The first-order chi connectivity index (χ1) is 14.6. The minimum absolute atomic E-state index is 0.00816. The summed E-state index contributed by atoms with van der Waals surface area (Å²) in [4.78, 5) is 31.5. The number of fused-ring (bicyclic) bond motifs is 1. The van der Waals surface area contributed by atoms with Crippen molar-refractivity contribution in [1.29, 1.82) is 0 Å². The van der Waals surface area contributed by atoms with E-state index in [0.717, 1.165) is 0 Å². The number of nitrogens with two attached hydrogens (primary N) is 1. The van der Waals surface area contributed by atoms with Gasteiger partial charge in [0.15, 0.2) is 17.3 Å². The second-order valence-electron chi connectivity index (χ2n) is 6.82. The van der Waals surface area contributed by atoms with Crippen LogP contribution in [0.2, 0.25) is 0 Å². The monoisotopic (exact) mass is 411 g/mol. The zero-order valence-electron chi connectivity index (χ0n) is 16.4. The minimum Gasteiger partial charge on any atom is -0.496 e. The molecule has 2 N–H and O–H groups in total. The molecule has 0 aromatic heterocycles. The van der Waals surface area contributed by atoms with Crippen LogP contribution in [0.4, 0.5) is 5.69 Å². The molecule has 0 aliphatic carbocycles. The van der Waals surface area contributed by atoms with Crippen molar-refractivity contribution in [3.63, 3.8) is 0 Å². The second kappa shape index (κ2) is 8.32. The van der Waals surface area contributed by atoms with Crippen LogP contribution in [-0.4, -0.2) is 44.6 Å². The van der Waals surface area contributed by atoms with E-state index >= 15 is 0 Å². The first-order valence-corrected chi connectivity index (χ1v) is 9.44. The van der Waals surface area contributed by atoms with Crippen LogP contribution in [0.25, 0.3) is 0 Å². The number of rotatable bonds is 5. The molecule has 2 heterocycles. The zero-order valence-corrected chi connectivity index (χ0v) is 16.4. The Morgan fingerprint density at radius 3 is 2.73 bits per heavy atom. The lowest BCUT2D eigenvalue weighted by Crippen LogP contribution is -2.26. The average molecular weight is 411 g/mol. The average Bonchev–Trinajstić information content (AvgIpc) is 3.18. The van der Waals surface area contributed by atoms with Gasteiger partial charge in [-0.2, -0.15) is 0 Å². The van der Waals surface area contributed by atoms with Crippen LogP contribution in [0.5, 0.6) is 17.2 Å². The Balaban J connectivity index is 1.43. The highest BCUT2D eigenvalue weighted by Crippen LogP contribution is 2.36. The highest BCUT2D eigenvalue weighted by atomic mass is 16.7. The molecule has 0 saturated carbocycles. The van der Waals surface area contributed by atoms with Crippen molar-refractivity contribution in [1.82, 2.24) is 0 Å². The van der Waals surface area contributed by atoms with E-state index in [1.54, 1.807) is 42.5 Å². The van der Waals surface area contributed by atoms with Gasteiger partial charge in [-0.3, -0.25) is 4.79 Å². The maximum atomic E-state index is 12.5. The van der Waals surface area contributed by atoms with Crippen molar-refractivity contribution in [3.05, 3.63) is 48.0 Å². The Hall–Kier alpha value is -3.75. The van der Waals surface area contributed by atoms with Crippen LogP contribution >= 0.6 is 0 Å². The van der Waals surface area contributed by atoms with Crippen LogP contribution in [0.15, 0.2) is 47.6 Å². The molecular formula is C21H21N3O6. The van der Waals surface area contributed by atoms with Gasteiger partial charge in [0, 0.05) is 24.7 Å². The van der Waals surface area contributed by atoms with Crippen molar-refractivity contribution in [2.75, 3.05) is 31.8 Å². The van der Waals surface area contributed by atoms with Crippen molar-refractivity contribution in [3.8, 4) is 17.2 Å². The molecule has 1 fully saturated rings. The molecule has 1 saturated heterocycles. The minimum atomic E-state index is -0.653. The number of anilines is 1. The van der Waals surface area contributed by atoms with Crippen LogP contribution in [-0.2, 0) is 14.4 Å². The molecule has 156 valence electrons. The van der Waals surface area contributed by atoms with Crippen LogP contribution < -0.4 is 24.8 Å². The summed E-state index contributed by atoms with van der Waals surface area (Å²) in [5.41, 5.74) is 7.06. The van der Waals surface area contributed by atoms with E-state index in [-0.39, 0.29) is 24.7 Å². The number of methoxy groups -OCH3 is 1. The maximum Gasteiger partial charge on any atom is 0.340 e. The number of oxime groups is 1. The third kappa shape index (κ3) is 3.86. The lowest BCUT2D eigenvalue weighted by molar-refractivity contribution is -0.148. The summed E-state index contributed by atoms with van der Waals surface area (Å²) in [5, 5.41) is 3.73. The van der Waals surface area contributed by atoms with Gasteiger partial charge in [-0.1, -0.05) is 17.3 Å². The van der Waals surface area contributed by atoms with E-state index in [1.165, 1.54) is 12.0 Å². The van der Waals surface area contributed by atoms with Gasteiger partial charge in [-0.05, 0) is 24.3 Å². The number of amidine groups is 1. The molecule has 0 bridgehead atoms. The molecule has 9 nitrogen and oxygen atoms in total. The third-order valence-electron chi connectivity index (χ3n) is 4.91. The van der Waals surface area contributed by atoms with Crippen LogP contribution in [0, 0.1) is 5.92 Å². The second-order valence-corrected chi connectivity index (χ2v) is 6.82. The predicted octanol–water partition coefficient (Wildman–Crippen LogP) is 1.68. The zero-order chi connectivity index (χ0) is 21.1. The molecule has 1 atom stereocenters. The van der Waals surface area contributed by atoms with Gasteiger partial charge < -0.3 is 29.7 Å². The topological polar surface area (TPSA) is 113 Å². The normalized spacial score (nSPS) is 18.3. The number of hydrogen-bond acceptors (Lipinski definition) is 7. The fourth-order valence-corrected chi connectivity index (χ4v) is 3.39. The third-order valence-corrected chi connectivity index (χ3v) is 4.91. The predicted molar refractivity (Wildman–Crippen MR) is 108 cm³/mol. The van der Waals surface area contributed by atoms with Gasteiger partial charge in [0.25, 0.3) is 0 Å². The van der Waals surface area contributed by atoms with Crippen molar-refractivity contribution in [2.24, 2.45) is 16.8 Å². The molecule has 2 aromatic rings. The van der Waals surface area contributed by atoms with E-state index in [1.807, 2.05) is 0 Å². The Kier molecular flexibility index (Phi) is 5.42. The molecule has 0 spiro atoms. The lowest BCUT2D eigenvalue weighted by atomic mass is 10.1. The molecule has 2 aliphatic heterocycles. The van der Waals surface area contributed by atoms with Crippen molar-refractivity contribution >= 4 is 23.4 Å². The SMILES string of the molecule is COc1ccccc1C(N)=NOC(=O)C1CC(=O)N(c2ccc3c(c2)OCCO3)C1. The number of para-hydroxylation sites is 1. The summed E-state index contributed by atoms with van der Waals surface area (Å²) in [6, 6.07) is 12.2. The van der Waals surface area contributed by atoms with Crippen LogP contribution in [0.1, 0.15) is 12.0 Å². The number of amides is 1. The van der Waals surface area contributed by atoms with Gasteiger partial charge in [0.1, 0.15) is 19.0 Å². The van der Waals surface area contributed by atoms with Crippen molar-refractivity contribution in [2.45, 2.75) is 6.42 Å².